The first-order valence-electron chi connectivity index (χ1n) is 7.44. The second kappa shape index (κ2) is 6.25. The van der Waals surface area contributed by atoms with E-state index in [0.29, 0.717) is 22.5 Å². The Kier molecular flexibility index (Phi) is 4.26. The number of rotatable bonds is 3. The van der Waals surface area contributed by atoms with Gasteiger partial charge in [-0.1, -0.05) is 12.1 Å². The Morgan fingerprint density at radius 2 is 1.64 bits per heavy atom. The molecule has 0 aliphatic carbocycles. The fourth-order valence-corrected chi connectivity index (χ4v) is 3.20. The molecule has 0 unspecified atom stereocenters. The molecular formula is C18H16FN3O2S. The van der Waals surface area contributed by atoms with E-state index in [1.165, 1.54) is 18.3 Å². The lowest BCUT2D eigenvalue weighted by atomic mass is 10.0. The van der Waals surface area contributed by atoms with Crippen molar-refractivity contribution in [3.8, 4) is 22.3 Å². The van der Waals surface area contributed by atoms with Crippen LogP contribution < -0.4 is 5.73 Å². The van der Waals surface area contributed by atoms with Gasteiger partial charge in [0, 0.05) is 41.0 Å². The van der Waals surface area contributed by atoms with Gasteiger partial charge in [-0.3, -0.25) is 4.98 Å². The molecule has 1 aromatic carbocycles. The van der Waals surface area contributed by atoms with Crippen LogP contribution in [0.3, 0.4) is 0 Å². The number of nitrogens with two attached hydrogens (primary N) is 1. The number of aromatic nitrogens is 2. The molecule has 0 aliphatic rings. The maximum atomic E-state index is 14.1. The summed E-state index contributed by atoms with van der Waals surface area (Å²) in [5, 5.41) is 0. The predicted octanol–water partition coefficient (Wildman–Crippen LogP) is 3.24. The number of aryl methyl sites for hydroxylation is 1. The summed E-state index contributed by atoms with van der Waals surface area (Å²) in [5.41, 5.74) is 9.45. The van der Waals surface area contributed by atoms with E-state index in [0.717, 1.165) is 17.5 Å². The van der Waals surface area contributed by atoms with Gasteiger partial charge < -0.3 is 5.73 Å². The van der Waals surface area contributed by atoms with Gasteiger partial charge in [-0.2, -0.15) is 0 Å². The number of sulfone groups is 1. The van der Waals surface area contributed by atoms with Gasteiger partial charge in [0.1, 0.15) is 16.5 Å². The molecule has 5 nitrogen and oxygen atoms in total. The van der Waals surface area contributed by atoms with Crippen LogP contribution in [0.4, 0.5) is 10.2 Å². The zero-order valence-electron chi connectivity index (χ0n) is 13.7. The Morgan fingerprint density at radius 1 is 0.960 bits per heavy atom. The van der Waals surface area contributed by atoms with Crippen LogP contribution in [-0.2, 0) is 9.84 Å². The Bertz CT molecular complexity index is 1050. The Morgan fingerprint density at radius 3 is 2.24 bits per heavy atom. The second-order valence-corrected chi connectivity index (χ2v) is 7.75. The van der Waals surface area contributed by atoms with Crippen LogP contribution in [0.15, 0.2) is 53.7 Å². The first-order chi connectivity index (χ1) is 11.8. The molecule has 3 aromatic rings. The third kappa shape index (κ3) is 3.51. The first kappa shape index (κ1) is 17.0. The number of pyridine rings is 2. The first-order valence-corrected chi connectivity index (χ1v) is 9.33. The highest BCUT2D eigenvalue weighted by Crippen LogP contribution is 2.30. The SMILES string of the molecule is Cc1ccc(-c2cc(-c3ccc(S(C)(=O)=O)c(F)c3)cnc2N)cn1. The molecule has 0 saturated carbocycles. The molecule has 0 amide bonds. The van der Waals surface area contributed by atoms with Crippen molar-refractivity contribution >= 4 is 15.7 Å². The highest BCUT2D eigenvalue weighted by atomic mass is 32.2. The summed E-state index contributed by atoms with van der Waals surface area (Å²) in [6.45, 7) is 1.88. The van der Waals surface area contributed by atoms with Crippen LogP contribution in [0.1, 0.15) is 5.69 Å². The number of hydrogen-bond donors (Lipinski definition) is 1. The molecule has 2 aromatic heterocycles. The van der Waals surface area contributed by atoms with Gasteiger partial charge in [0.25, 0.3) is 0 Å². The quantitative estimate of drug-likeness (QED) is 0.778. The van der Waals surface area contributed by atoms with Gasteiger partial charge in [-0.05, 0) is 36.8 Å². The maximum absolute atomic E-state index is 14.1. The van der Waals surface area contributed by atoms with E-state index in [9.17, 15) is 12.8 Å². The van der Waals surface area contributed by atoms with Crippen molar-refractivity contribution in [2.24, 2.45) is 0 Å². The highest BCUT2D eigenvalue weighted by molar-refractivity contribution is 7.90. The summed E-state index contributed by atoms with van der Waals surface area (Å²) in [5.74, 6) is -0.460. The van der Waals surface area contributed by atoms with Gasteiger partial charge in [0.15, 0.2) is 9.84 Å². The van der Waals surface area contributed by atoms with Crippen molar-refractivity contribution in [3.63, 3.8) is 0 Å². The van der Waals surface area contributed by atoms with E-state index in [1.807, 2.05) is 19.1 Å². The third-order valence-corrected chi connectivity index (χ3v) is 4.94. The lowest BCUT2D eigenvalue weighted by Crippen LogP contribution is -2.01. The zero-order valence-corrected chi connectivity index (χ0v) is 14.5. The molecule has 7 heteroatoms. The molecule has 0 spiro atoms. The molecule has 2 N–H and O–H groups in total. The van der Waals surface area contributed by atoms with Crippen molar-refractivity contribution in [2.75, 3.05) is 12.0 Å². The fraction of sp³-hybridized carbons (Fsp3) is 0.111. The molecule has 25 heavy (non-hydrogen) atoms. The zero-order chi connectivity index (χ0) is 18.2. The Hall–Kier alpha value is -2.80. The van der Waals surface area contributed by atoms with Crippen LogP contribution in [0.25, 0.3) is 22.3 Å². The minimum Gasteiger partial charge on any atom is -0.383 e. The number of nitrogen functional groups attached to an aromatic ring is 1. The smallest absolute Gasteiger partial charge is 0.178 e. The van der Waals surface area contributed by atoms with Crippen LogP contribution in [0.5, 0.6) is 0 Å². The minimum atomic E-state index is -3.61. The largest absolute Gasteiger partial charge is 0.383 e. The van der Waals surface area contributed by atoms with Crippen LogP contribution in [0.2, 0.25) is 0 Å². The van der Waals surface area contributed by atoms with Crippen molar-refractivity contribution in [2.45, 2.75) is 11.8 Å². The van der Waals surface area contributed by atoms with Crippen molar-refractivity contribution in [1.29, 1.82) is 0 Å². The number of anilines is 1. The topological polar surface area (TPSA) is 85.9 Å². The van der Waals surface area contributed by atoms with E-state index in [1.54, 1.807) is 18.3 Å². The molecule has 0 fully saturated rings. The summed E-state index contributed by atoms with van der Waals surface area (Å²) >= 11 is 0. The summed E-state index contributed by atoms with van der Waals surface area (Å²) in [6.07, 6.45) is 4.19. The molecule has 0 bridgehead atoms. The molecule has 0 saturated heterocycles. The van der Waals surface area contributed by atoms with Crippen LogP contribution in [-0.4, -0.2) is 24.6 Å². The maximum Gasteiger partial charge on any atom is 0.178 e. The second-order valence-electron chi connectivity index (χ2n) is 5.76. The monoisotopic (exact) mass is 357 g/mol. The summed E-state index contributed by atoms with van der Waals surface area (Å²) in [4.78, 5) is 8.08. The molecule has 0 atom stereocenters. The molecule has 2 heterocycles. The molecule has 128 valence electrons. The average Bonchev–Trinajstić information content (AvgIpc) is 2.55. The lowest BCUT2D eigenvalue weighted by Gasteiger charge is -2.09. The average molecular weight is 357 g/mol. The van der Waals surface area contributed by atoms with Gasteiger partial charge in [-0.15, -0.1) is 0 Å². The van der Waals surface area contributed by atoms with Gasteiger partial charge in [-0.25, -0.2) is 17.8 Å². The molecule has 3 rings (SSSR count). The Labute approximate surface area is 145 Å². The number of benzene rings is 1. The third-order valence-electron chi connectivity index (χ3n) is 3.81. The number of halogens is 1. The standard InChI is InChI=1S/C18H16FN3O2S/c1-11-3-4-13(9-21-11)15-7-14(10-22-18(15)20)12-5-6-17(16(19)8-12)25(2,23)24/h3-10H,1-2H3,(H2,20,22). The van der Waals surface area contributed by atoms with Gasteiger partial charge >= 0.3 is 0 Å². The summed E-state index contributed by atoms with van der Waals surface area (Å²) in [6, 6.07) is 9.51. The minimum absolute atomic E-state index is 0.331. The normalized spacial score (nSPS) is 11.5. The Balaban J connectivity index is 2.09. The number of nitrogens with zero attached hydrogens (tertiary/aromatic N) is 2. The van der Waals surface area contributed by atoms with E-state index >= 15 is 0 Å². The number of hydrogen-bond acceptors (Lipinski definition) is 5. The highest BCUT2D eigenvalue weighted by Gasteiger charge is 2.15. The summed E-state index contributed by atoms with van der Waals surface area (Å²) in [7, 11) is -3.61. The molecule has 0 aliphatic heterocycles. The van der Waals surface area contributed by atoms with Crippen LogP contribution in [0, 0.1) is 12.7 Å². The molecule has 0 radical (unpaired) electrons. The van der Waals surface area contributed by atoms with Crippen LogP contribution >= 0.6 is 0 Å². The van der Waals surface area contributed by atoms with E-state index in [-0.39, 0.29) is 4.90 Å². The van der Waals surface area contributed by atoms with E-state index < -0.39 is 15.7 Å². The van der Waals surface area contributed by atoms with Crippen molar-refractivity contribution in [3.05, 3.63) is 60.3 Å². The van der Waals surface area contributed by atoms with Crippen molar-refractivity contribution in [1.82, 2.24) is 9.97 Å². The van der Waals surface area contributed by atoms with E-state index in [4.69, 9.17) is 5.73 Å². The van der Waals surface area contributed by atoms with Gasteiger partial charge in [0.2, 0.25) is 0 Å². The molecular weight excluding hydrogens is 341 g/mol. The van der Waals surface area contributed by atoms with Gasteiger partial charge in [0.05, 0.1) is 0 Å². The van der Waals surface area contributed by atoms with E-state index in [2.05, 4.69) is 9.97 Å². The van der Waals surface area contributed by atoms with Crippen molar-refractivity contribution < 1.29 is 12.8 Å². The fourth-order valence-electron chi connectivity index (χ4n) is 2.47. The summed E-state index contributed by atoms with van der Waals surface area (Å²) < 4.78 is 37.2. The lowest BCUT2D eigenvalue weighted by molar-refractivity contribution is 0.571. The predicted molar refractivity (Wildman–Crippen MR) is 95.1 cm³/mol.